The third kappa shape index (κ3) is 3.65. The molecule has 0 atom stereocenters. The number of aryl methyl sites for hydroxylation is 1. The minimum atomic E-state index is 0.878. The first-order valence-electron chi connectivity index (χ1n) is 8.44. The van der Waals surface area contributed by atoms with Gasteiger partial charge >= 0.3 is 0 Å². The van der Waals surface area contributed by atoms with Gasteiger partial charge in [0.2, 0.25) is 0 Å². The maximum atomic E-state index is 4.76. The molecule has 2 aromatic carbocycles. The lowest BCUT2D eigenvalue weighted by Gasteiger charge is -2.11. The molecule has 0 fully saturated rings. The quantitative estimate of drug-likeness (QED) is 0.541. The van der Waals surface area contributed by atoms with Crippen LogP contribution in [-0.2, 0) is 0 Å². The van der Waals surface area contributed by atoms with E-state index >= 15 is 0 Å². The second-order valence-corrected chi connectivity index (χ2v) is 6.35. The highest BCUT2D eigenvalue weighted by Crippen LogP contribution is 2.29. The summed E-state index contributed by atoms with van der Waals surface area (Å²) in [5.74, 6) is 0. The predicted molar refractivity (Wildman–Crippen MR) is 103 cm³/mol. The Labute approximate surface area is 144 Å². The van der Waals surface area contributed by atoms with Crippen molar-refractivity contribution in [3.05, 3.63) is 88.5 Å². The van der Waals surface area contributed by atoms with E-state index in [0.29, 0.717) is 0 Å². The van der Waals surface area contributed by atoms with Crippen molar-refractivity contribution in [1.29, 1.82) is 0 Å². The lowest BCUT2D eigenvalue weighted by molar-refractivity contribution is 1.12. The smallest absolute Gasteiger partial charge is 0.0720 e. The maximum absolute atomic E-state index is 4.76. The van der Waals surface area contributed by atoms with E-state index in [4.69, 9.17) is 5.10 Å². The number of hydrogen-bond acceptors (Lipinski definition) is 2. The third-order valence-electron chi connectivity index (χ3n) is 4.72. The maximum Gasteiger partial charge on any atom is 0.0720 e. The first kappa shape index (κ1) is 16.3. The van der Waals surface area contributed by atoms with Gasteiger partial charge in [-0.3, -0.25) is 5.43 Å². The highest BCUT2D eigenvalue weighted by Gasteiger charge is 2.14. The first-order chi connectivity index (χ1) is 11.6. The van der Waals surface area contributed by atoms with Gasteiger partial charge in [0.25, 0.3) is 0 Å². The summed E-state index contributed by atoms with van der Waals surface area (Å²) in [5.41, 5.74) is 12.0. The molecule has 2 aromatic rings. The number of hydrazone groups is 1. The van der Waals surface area contributed by atoms with E-state index in [-0.39, 0.29) is 0 Å². The van der Waals surface area contributed by atoms with Gasteiger partial charge in [-0.25, -0.2) is 0 Å². The molecule has 2 heteroatoms. The van der Waals surface area contributed by atoms with E-state index in [1.807, 2.05) is 18.2 Å². The van der Waals surface area contributed by atoms with Crippen LogP contribution in [0.5, 0.6) is 0 Å². The van der Waals surface area contributed by atoms with Crippen LogP contribution in [0.3, 0.4) is 0 Å². The fraction of sp³-hybridized carbons (Fsp3) is 0.227. The van der Waals surface area contributed by atoms with Gasteiger partial charge in [-0.15, -0.1) is 0 Å². The van der Waals surface area contributed by atoms with Gasteiger partial charge in [0.1, 0.15) is 0 Å². The van der Waals surface area contributed by atoms with Crippen LogP contribution in [0.25, 0.3) is 0 Å². The molecule has 0 aliphatic heterocycles. The average molecular weight is 316 g/mol. The molecule has 0 bridgehead atoms. The Morgan fingerprint density at radius 2 is 1.67 bits per heavy atom. The number of hydrogen-bond donors (Lipinski definition) is 1. The second kappa shape index (κ2) is 7.31. The summed E-state index contributed by atoms with van der Waals surface area (Å²) in [4.78, 5) is 0. The molecule has 0 radical (unpaired) electrons. The van der Waals surface area contributed by atoms with Crippen LogP contribution in [0.4, 0.5) is 5.69 Å². The van der Waals surface area contributed by atoms with E-state index in [0.717, 1.165) is 24.2 Å². The van der Waals surface area contributed by atoms with E-state index in [9.17, 15) is 0 Å². The van der Waals surface area contributed by atoms with E-state index < -0.39 is 0 Å². The van der Waals surface area contributed by atoms with Crippen LogP contribution in [-0.4, -0.2) is 5.71 Å². The lowest BCUT2D eigenvalue weighted by atomic mass is 9.99. The molecular weight excluding hydrogens is 292 g/mol. The largest absolute Gasteiger partial charge is 0.278 e. The number of nitrogens with one attached hydrogen (secondary N) is 1. The van der Waals surface area contributed by atoms with E-state index in [1.165, 1.54) is 27.8 Å². The summed E-state index contributed by atoms with van der Waals surface area (Å²) in [7, 11) is 0. The van der Waals surface area contributed by atoms with Gasteiger partial charge in [0.05, 0.1) is 11.4 Å². The molecule has 0 saturated carbocycles. The molecular formula is C22H24N2. The van der Waals surface area contributed by atoms with Gasteiger partial charge < -0.3 is 0 Å². The monoisotopic (exact) mass is 316 g/mol. The number of benzene rings is 2. The summed E-state index contributed by atoms with van der Waals surface area (Å²) in [6, 6.07) is 18.7. The van der Waals surface area contributed by atoms with Crippen LogP contribution in [0.15, 0.2) is 82.5 Å². The van der Waals surface area contributed by atoms with Crippen molar-refractivity contribution in [2.75, 3.05) is 5.43 Å². The van der Waals surface area contributed by atoms with Crippen molar-refractivity contribution in [1.82, 2.24) is 0 Å². The van der Waals surface area contributed by atoms with Gasteiger partial charge in [-0.2, -0.15) is 5.10 Å². The molecule has 1 N–H and O–H groups in total. The molecule has 0 heterocycles. The summed E-state index contributed by atoms with van der Waals surface area (Å²) >= 11 is 0. The summed E-state index contributed by atoms with van der Waals surface area (Å²) < 4.78 is 0. The molecule has 1 aliphatic rings. The third-order valence-corrected chi connectivity index (χ3v) is 4.72. The zero-order chi connectivity index (χ0) is 16.9. The van der Waals surface area contributed by atoms with Crippen molar-refractivity contribution in [2.24, 2.45) is 5.10 Å². The molecule has 122 valence electrons. The van der Waals surface area contributed by atoms with Crippen molar-refractivity contribution in [2.45, 2.75) is 33.6 Å². The molecule has 0 spiro atoms. The number of rotatable bonds is 5. The summed E-state index contributed by atoms with van der Waals surface area (Å²) in [6.45, 7) is 6.50. The predicted octanol–water partition coefficient (Wildman–Crippen LogP) is 5.87. The Hall–Kier alpha value is -2.61. The number of anilines is 1. The first-order valence-corrected chi connectivity index (χ1v) is 8.44. The molecule has 2 nitrogen and oxygen atoms in total. The lowest BCUT2D eigenvalue weighted by Crippen LogP contribution is -2.07. The second-order valence-electron chi connectivity index (χ2n) is 6.35. The Morgan fingerprint density at radius 1 is 0.958 bits per heavy atom. The standard InChI is InChI=1S/C22H24N2/c1-16-13-14-20(18(16)3)15-22(19-10-5-4-6-11-19)24-23-21-12-8-7-9-17(21)2/h4-13,23H,14-15H2,1-3H3. The average Bonchev–Trinajstić information content (AvgIpc) is 2.92. The van der Waals surface area contributed by atoms with Crippen LogP contribution < -0.4 is 5.43 Å². The summed E-state index contributed by atoms with van der Waals surface area (Å²) in [5, 5.41) is 4.76. The normalized spacial score (nSPS) is 14.8. The summed E-state index contributed by atoms with van der Waals surface area (Å²) in [6.07, 6.45) is 4.22. The SMILES string of the molecule is CC1=CCC(CC(=NNc2ccccc2C)c2ccccc2)=C1C. The van der Waals surface area contributed by atoms with Crippen LogP contribution in [0.1, 0.15) is 37.8 Å². The van der Waals surface area contributed by atoms with Crippen molar-refractivity contribution >= 4 is 11.4 Å². The van der Waals surface area contributed by atoms with Crippen LogP contribution in [0.2, 0.25) is 0 Å². The highest BCUT2D eigenvalue weighted by atomic mass is 15.3. The van der Waals surface area contributed by atoms with E-state index in [2.05, 4.69) is 68.7 Å². The van der Waals surface area contributed by atoms with Crippen molar-refractivity contribution in [3.63, 3.8) is 0 Å². The molecule has 3 rings (SSSR count). The van der Waals surface area contributed by atoms with Gasteiger partial charge in [0, 0.05) is 6.42 Å². The zero-order valence-corrected chi connectivity index (χ0v) is 14.6. The Morgan fingerprint density at radius 3 is 2.33 bits per heavy atom. The topological polar surface area (TPSA) is 24.4 Å². The number of nitrogens with zero attached hydrogens (tertiary/aromatic N) is 1. The molecule has 0 saturated heterocycles. The van der Waals surface area contributed by atoms with Gasteiger partial charge in [-0.1, -0.05) is 65.8 Å². The number of para-hydroxylation sites is 1. The zero-order valence-electron chi connectivity index (χ0n) is 14.6. The van der Waals surface area contributed by atoms with E-state index in [1.54, 1.807) is 0 Å². The van der Waals surface area contributed by atoms with Crippen molar-refractivity contribution < 1.29 is 0 Å². The van der Waals surface area contributed by atoms with Gasteiger partial charge in [0.15, 0.2) is 0 Å². The fourth-order valence-corrected chi connectivity index (χ4v) is 2.93. The minimum Gasteiger partial charge on any atom is -0.278 e. The highest BCUT2D eigenvalue weighted by molar-refractivity contribution is 6.02. The van der Waals surface area contributed by atoms with Crippen molar-refractivity contribution in [3.8, 4) is 0 Å². The molecule has 0 unspecified atom stereocenters. The Bertz CT molecular complexity index is 811. The molecule has 24 heavy (non-hydrogen) atoms. The Balaban J connectivity index is 1.89. The molecule has 0 aromatic heterocycles. The Kier molecular flexibility index (Phi) is 4.95. The molecule has 0 amide bonds. The molecule has 1 aliphatic carbocycles. The van der Waals surface area contributed by atoms with Gasteiger partial charge in [-0.05, 0) is 50.0 Å². The number of allylic oxidation sites excluding steroid dienone is 4. The van der Waals surface area contributed by atoms with Crippen LogP contribution in [0, 0.1) is 6.92 Å². The minimum absolute atomic E-state index is 0.878. The van der Waals surface area contributed by atoms with Crippen LogP contribution >= 0.6 is 0 Å². The fourth-order valence-electron chi connectivity index (χ4n) is 2.93.